The molecule has 1 N–H and O–H groups in total. The lowest BCUT2D eigenvalue weighted by molar-refractivity contribution is -0.117. The Morgan fingerprint density at radius 2 is 2.11 bits per heavy atom. The lowest BCUT2D eigenvalue weighted by Gasteiger charge is -2.02. The number of amides is 1. The molecule has 0 saturated heterocycles. The SMILES string of the molecule is Cc1ccc(C)c(-c2nnc(NC(=O)C3CC3)o2)c1. The molecule has 1 aliphatic carbocycles. The second kappa shape index (κ2) is 4.50. The van der Waals surface area contributed by atoms with Crippen LogP contribution in [0.25, 0.3) is 11.5 Å². The lowest BCUT2D eigenvalue weighted by Crippen LogP contribution is -2.13. The van der Waals surface area contributed by atoms with E-state index < -0.39 is 0 Å². The standard InChI is InChI=1S/C14H15N3O2/c1-8-3-4-9(2)11(7-8)13-16-17-14(19-13)15-12(18)10-5-6-10/h3-4,7,10H,5-6H2,1-2H3,(H,15,17,18). The zero-order valence-corrected chi connectivity index (χ0v) is 10.9. The van der Waals surface area contributed by atoms with Gasteiger partial charge in [-0.05, 0) is 38.3 Å². The molecule has 1 aromatic heterocycles. The molecule has 1 aliphatic rings. The average molecular weight is 257 g/mol. The molecule has 1 heterocycles. The first kappa shape index (κ1) is 11.9. The molecule has 19 heavy (non-hydrogen) atoms. The summed E-state index contributed by atoms with van der Waals surface area (Å²) in [6.45, 7) is 4.00. The van der Waals surface area contributed by atoms with Crippen LogP contribution in [0.5, 0.6) is 0 Å². The second-order valence-corrected chi connectivity index (χ2v) is 4.99. The number of benzene rings is 1. The summed E-state index contributed by atoms with van der Waals surface area (Å²) in [5, 5.41) is 10.5. The van der Waals surface area contributed by atoms with E-state index in [1.54, 1.807) is 0 Å². The molecule has 0 atom stereocenters. The van der Waals surface area contributed by atoms with Crippen LogP contribution in [-0.2, 0) is 4.79 Å². The zero-order valence-electron chi connectivity index (χ0n) is 10.9. The van der Waals surface area contributed by atoms with Gasteiger partial charge in [0, 0.05) is 11.5 Å². The molecule has 1 fully saturated rings. The number of hydrogen-bond acceptors (Lipinski definition) is 4. The van der Waals surface area contributed by atoms with E-state index in [-0.39, 0.29) is 17.8 Å². The van der Waals surface area contributed by atoms with Crippen molar-refractivity contribution in [1.82, 2.24) is 10.2 Å². The van der Waals surface area contributed by atoms with E-state index in [4.69, 9.17) is 4.42 Å². The summed E-state index contributed by atoms with van der Waals surface area (Å²) < 4.78 is 5.50. The van der Waals surface area contributed by atoms with E-state index in [9.17, 15) is 4.79 Å². The van der Waals surface area contributed by atoms with Gasteiger partial charge in [0.05, 0.1) is 0 Å². The fourth-order valence-electron chi connectivity index (χ4n) is 1.90. The molecule has 0 aliphatic heterocycles. The van der Waals surface area contributed by atoms with Gasteiger partial charge in [-0.1, -0.05) is 22.8 Å². The van der Waals surface area contributed by atoms with Gasteiger partial charge < -0.3 is 4.42 Å². The van der Waals surface area contributed by atoms with E-state index in [0.717, 1.165) is 29.5 Å². The normalized spacial score (nSPS) is 14.4. The number of nitrogens with one attached hydrogen (secondary N) is 1. The summed E-state index contributed by atoms with van der Waals surface area (Å²) in [5.74, 6) is 0.527. The Kier molecular flexibility index (Phi) is 2.81. The number of carbonyl (C=O) groups is 1. The Morgan fingerprint density at radius 1 is 1.32 bits per heavy atom. The molecular formula is C14H15N3O2. The lowest BCUT2D eigenvalue weighted by atomic mass is 10.1. The maximum atomic E-state index is 11.6. The van der Waals surface area contributed by atoms with E-state index in [1.165, 1.54) is 0 Å². The highest BCUT2D eigenvalue weighted by molar-refractivity contribution is 5.92. The van der Waals surface area contributed by atoms with Crippen LogP contribution in [0, 0.1) is 19.8 Å². The molecule has 0 unspecified atom stereocenters. The summed E-state index contributed by atoms with van der Waals surface area (Å²) in [6.07, 6.45) is 1.90. The maximum Gasteiger partial charge on any atom is 0.322 e. The molecule has 5 heteroatoms. The minimum absolute atomic E-state index is 0.0313. The van der Waals surface area contributed by atoms with Crippen molar-refractivity contribution in [3.8, 4) is 11.5 Å². The fraction of sp³-hybridized carbons (Fsp3) is 0.357. The monoisotopic (exact) mass is 257 g/mol. The van der Waals surface area contributed by atoms with Gasteiger partial charge in [0.1, 0.15) is 0 Å². The second-order valence-electron chi connectivity index (χ2n) is 4.99. The molecule has 0 radical (unpaired) electrons. The first-order valence-corrected chi connectivity index (χ1v) is 6.35. The van der Waals surface area contributed by atoms with Crippen molar-refractivity contribution in [2.75, 3.05) is 5.32 Å². The molecule has 98 valence electrons. The number of carbonyl (C=O) groups excluding carboxylic acids is 1. The summed E-state index contributed by atoms with van der Waals surface area (Å²) in [5.41, 5.74) is 3.09. The molecule has 2 aromatic rings. The average Bonchev–Trinajstić information content (AvgIpc) is 3.14. The first-order chi connectivity index (χ1) is 9.13. The molecule has 1 saturated carbocycles. The highest BCUT2D eigenvalue weighted by atomic mass is 16.4. The third-order valence-electron chi connectivity index (χ3n) is 3.23. The Labute approximate surface area is 111 Å². The first-order valence-electron chi connectivity index (χ1n) is 6.35. The predicted molar refractivity (Wildman–Crippen MR) is 70.6 cm³/mol. The van der Waals surface area contributed by atoms with Crippen LogP contribution in [0.1, 0.15) is 24.0 Å². The molecular weight excluding hydrogens is 242 g/mol. The largest absolute Gasteiger partial charge is 0.403 e. The van der Waals surface area contributed by atoms with Crippen LogP contribution >= 0.6 is 0 Å². The van der Waals surface area contributed by atoms with Gasteiger partial charge in [0.2, 0.25) is 11.8 Å². The fourth-order valence-corrected chi connectivity index (χ4v) is 1.90. The molecule has 1 aromatic carbocycles. The van der Waals surface area contributed by atoms with Crippen molar-refractivity contribution in [2.45, 2.75) is 26.7 Å². The van der Waals surface area contributed by atoms with Gasteiger partial charge in [-0.25, -0.2) is 0 Å². The van der Waals surface area contributed by atoms with E-state index in [0.29, 0.717) is 5.89 Å². The van der Waals surface area contributed by atoms with Gasteiger partial charge in [-0.3, -0.25) is 10.1 Å². The van der Waals surface area contributed by atoms with Crippen LogP contribution in [0.3, 0.4) is 0 Å². The van der Waals surface area contributed by atoms with Crippen LogP contribution < -0.4 is 5.32 Å². The van der Waals surface area contributed by atoms with Crippen molar-refractivity contribution in [3.63, 3.8) is 0 Å². The Bertz CT molecular complexity index is 629. The zero-order chi connectivity index (χ0) is 13.4. The predicted octanol–water partition coefficient (Wildman–Crippen LogP) is 2.70. The third-order valence-corrected chi connectivity index (χ3v) is 3.23. The van der Waals surface area contributed by atoms with Crippen LogP contribution in [-0.4, -0.2) is 16.1 Å². The maximum absolute atomic E-state index is 11.6. The highest BCUT2D eigenvalue weighted by Gasteiger charge is 2.30. The van der Waals surface area contributed by atoms with Gasteiger partial charge >= 0.3 is 6.01 Å². The minimum Gasteiger partial charge on any atom is -0.403 e. The summed E-state index contributed by atoms with van der Waals surface area (Å²) in [4.78, 5) is 11.6. The van der Waals surface area contributed by atoms with Crippen molar-refractivity contribution < 1.29 is 9.21 Å². The number of nitrogens with zero attached hydrogens (tertiary/aromatic N) is 2. The smallest absolute Gasteiger partial charge is 0.322 e. The van der Waals surface area contributed by atoms with Crippen molar-refractivity contribution in [1.29, 1.82) is 0 Å². The number of anilines is 1. The molecule has 5 nitrogen and oxygen atoms in total. The quantitative estimate of drug-likeness (QED) is 0.917. The van der Waals surface area contributed by atoms with Crippen molar-refractivity contribution >= 4 is 11.9 Å². The molecule has 0 bridgehead atoms. The Morgan fingerprint density at radius 3 is 2.84 bits per heavy atom. The van der Waals surface area contributed by atoms with Crippen molar-refractivity contribution in [3.05, 3.63) is 29.3 Å². The number of rotatable bonds is 3. The van der Waals surface area contributed by atoms with E-state index >= 15 is 0 Å². The Hall–Kier alpha value is -2.17. The van der Waals surface area contributed by atoms with Gasteiger partial charge in [-0.15, -0.1) is 5.10 Å². The van der Waals surface area contributed by atoms with Crippen LogP contribution in [0.2, 0.25) is 0 Å². The Balaban J connectivity index is 1.83. The summed E-state index contributed by atoms with van der Waals surface area (Å²) >= 11 is 0. The van der Waals surface area contributed by atoms with E-state index in [1.807, 2.05) is 32.0 Å². The van der Waals surface area contributed by atoms with Gasteiger partial charge in [0.25, 0.3) is 0 Å². The molecule has 1 amide bonds. The molecule has 0 spiro atoms. The number of aryl methyl sites for hydroxylation is 2. The minimum atomic E-state index is -0.0313. The summed E-state index contributed by atoms with van der Waals surface area (Å²) in [6, 6.07) is 6.21. The van der Waals surface area contributed by atoms with Gasteiger partial charge in [-0.2, -0.15) is 0 Å². The number of aromatic nitrogens is 2. The summed E-state index contributed by atoms with van der Waals surface area (Å²) in [7, 11) is 0. The third kappa shape index (κ3) is 2.50. The van der Waals surface area contributed by atoms with Crippen LogP contribution in [0.4, 0.5) is 6.01 Å². The number of hydrogen-bond donors (Lipinski definition) is 1. The highest BCUT2D eigenvalue weighted by Crippen LogP contribution is 2.30. The van der Waals surface area contributed by atoms with Gasteiger partial charge in [0.15, 0.2) is 0 Å². The topological polar surface area (TPSA) is 68.0 Å². The van der Waals surface area contributed by atoms with Crippen molar-refractivity contribution in [2.24, 2.45) is 5.92 Å². The van der Waals surface area contributed by atoms with Crippen LogP contribution in [0.15, 0.2) is 22.6 Å². The van der Waals surface area contributed by atoms with E-state index in [2.05, 4.69) is 15.5 Å². The molecule has 3 rings (SSSR count).